The number of anilines is 2. The van der Waals surface area contributed by atoms with E-state index >= 15 is 0 Å². The van der Waals surface area contributed by atoms with Crippen LogP contribution in [0.4, 0.5) is 29.2 Å². The summed E-state index contributed by atoms with van der Waals surface area (Å²) in [5.41, 5.74) is 3.02. The van der Waals surface area contributed by atoms with Gasteiger partial charge in [-0.05, 0) is 54.0 Å². The van der Waals surface area contributed by atoms with Crippen LogP contribution in [0.5, 0.6) is 0 Å². The average molecular weight is 620 g/mol. The van der Waals surface area contributed by atoms with Crippen molar-refractivity contribution in [1.82, 2.24) is 19.8 Å². The van der Waals surface area contributed by atoms with Crippen molar-refractivity contribution in [3.05, 3.63) is 51.5 Å². The smallest absolute Gasteiger partial charge is 0.377 e. The molecule has 2 aromatic heterocycles. The third-order valence-corrected chi connectivity index (χ3v) is 10.5. The van der Waals surface area contributed by atoms with Crippen LogP contribution < -0.4 is 5.32 Å². The van der Waals surface area contributed by atoms with Crippen molar-refractivity contribution in [2.45, 2.75) is 48.8 Å². The van der Waals surface area contributed by atoms with Gasteiger partial charge in [0.15, 0.2) is 0 Å². The summed E-state index contributed by atoms with van der Waals surface area (Å²) in [4.78, 5) is 27.1. The van der Waals surface area contributed by atoms with Crippen LogP contribution in [-0.2, 0) is 23.9 Å². The molecule has 0 radical (unpaired) electrons. The lowest BCUT2D eigenvalue weighted by molar-refractivity contribution is -0.137. The van der Waals surface area contributed by atoms with Gasteiger partial charge in [-0.2, -0.15) is 13.2 Å². The Labute approximate surface area is 248 Å². The molecule has 1 N–H and O–H groups in total. The van der Waals surface area contributed by atoms with Crippen LogP contribution in [0.3, 0.4) is 0 Å². The van der Waals surface area contributed by atoms with Crippen molar-refractivity contribution >= 4 is 40.6 Å². The summed E-state index contributed by atoms with van der Waals surface area (Å²) < 4.78 is 60.7. The number of benzene rings is 1. The van der Waals surface area contributed by atoms with E-state index in [0.717, 1.165) is 60.2 Å². The number of nitrogens with zero attached hydrogens (tertiary/aromatic N) is 4. The van der Waals surface area contributed by atoms with Crippen molar-refractivity contribution in [3.8, 4) is 10.6 Å². The fraction of sp³-hybridized carbons (Fsp3) is 0.483. The minimum atomic E-state index is -4.67. The molecule has 0 spiro atoms. The first kappa shape index (κ1) is 28.1. The summed E-state index contributed by atoms with van der Waals surface area (Å²) in [5, 5.41) is 3.23. The molecule has 3 aromatic rings. The fourth-order valence-electron chi connectivity index (χ4n) is 5.78. The van der Waals surface area contributed by atoms with Gasteiger partial charge in [0, 0.05) is 48.7 Å². The van der Waals surface area contributed by atoms with Gasteiger partial charge in [0.25, 0.3) is 5.91 Å². The van der Waals surface area contributed by atoms with E-state index in [4.69, 9.17) is 4.74 Å². The van der Waals surface area contributed by atoms with Gasteiger partial charge in [-0.15, -0.1) is 23.1 Å². The standard InChI is InChI=1S/C29H29F4N5O2S2/c30-4-6-37-5-3-17-10-22(20(16-1-2-16)9-18(17)13-37)35-28-34-12-21(29(31,32)33)25(36-28)23-11-24-26(42-23)27(39)38(7-8-41-24)19-14-40-15-19/h9-12,16,19H,1-8,13-15H2,(H,34,35,36). The topological polar surface area (TPSA) is 70.6 Å². The van der Waals surface area contributed by atoms with Crippen molar-refractivity contribution in [2.24, 2.45) is 0 Å². The predicted octanol–water partition coefficient (Wildman–Crippen LogP) is 6.12. The Hall–Kier alpha value is -2.74. The summed E-state index contributed by atoms with van der Waals surface area (Å²) in [6.45, 7) is 2.99. The number of amides is 1. The fourth-order valence-corrected chi connectivity index (χ4v) is 8.10. The van der Waals surface area contributed by atoms with Crippen LogP contribution in [0, 0.1) is 0 Å². The first-order chi connectivity index (χ1) is 20.3. The number of nitrogens with one attached hydrogen (secondary N) is 1. The molecule has 5 heterocycles. The maximum Gasteiger partial charge on any atom is 0.420 e. The number of thiophene rings is 1. The van der Waals surface area contributed by atoms with Crippen LogP contribution in [0.25, 0.3) is 10.6 Å². The lowest BCUT2D eigenvalue weighted by Crippen LogP contribution is -2.52. The Bertz CT molecular complexity index is 1520. The number of thioether (sulfide) groups is 1. The van der Waals surface area contributed by atoms with E-state index in [2.05, 4.69) is 32.3 Å². The molecule has 42 heavy (non-hydrogen) atoms. The zero-order valence-corrected chi connectivity index (χ0v) is 24.3. The van der Waals surface area contributed by atoms with Crippen molar-refractivity contribution < 1.29 is 27.1 Å². The molecule has 2 fully saturated rings. The largest absolute Gasteiger partial charge is 0.420 e. The molecule has 4 aliphatic rings. The molecule has 13 heteroatoms. The van der Waals surface area contributed by atoms with Gasteiger partial charge in [0.05, 0.1) is 29.8 Å². The zero-order valence-electron chi connectivity index (χ0n) is 22.7. The number of alkyl halides is 4. The third-order valence-electron chi connectivity index (χ3n) is 8.26. The van der Waals surface area contributed by atoms with Crippen LogP contribution in [0.1, 0.15) is 50.7 Å². The minimum Gasteiger partial charge on any atom is -0.377 e. The van der Waals surface area contributed by atoms with Crippen LogP contribution in [0.2, 0.25) is 0 Å². The Morgan fingerprint density at radius 2 is 1.95 bits per heavy atom. The number of halogens is 4. The van der Waals surface area contributed by atoms with Gasteiger partial charge in [-0.1, -0.05) is 6.07 Å². The van der Waals surface area contributed by atoms with E-state index in [9.17, 15) is 22.4 Å². The van der Waals surface area contributed by atoms with Gasteiger partial charge in [0.1, 0.15) is 17.1 Å². The van der Waals surface area contributed by atoms with Gasteiger partial charge in [-0.25, -0.2) is 14.4 Å². The first-order valence-electron chi connectivity index (χ1n) is 14.1. The summed E-state index contributed by atoms with van der Waals surface area (Å²) in [5.74, 6) is 0.921. The van der Waals surface area contributed by atoms with E-state index in [0.29, 0.717) is 54.3 Å². The highest BCUT2D eigenvalue weighted by atomic mass is 32.2. The molecule has 7 rings (SSSR count). The first-order valence-corrected chi connectivity index (χ1v) is 15.9. The van der Waals surface area contributed by atoms with E-state index in [1.165, 1.54) is 17.3 Å². The van der Waals surface area contributed by atoms with Crippen molar-refractivity contribution in [2.75, 3.05) is 50.6 Å². The normalized spacial score (nSPS) is 19.7. The number of hydrogen-bond acceptors (Lipinski definition) is 8. The molecule has 0 unspecified atom stereocenters. The molecule has 1 aromatic carbocycles. The van der Waals surface area contributed by atoms with Crippen molar-refractivity contribution in [1.29, 1.82) is 0 Å². The maximum atomic E-state index is 14.2. The summed E-state index contributed by atoms with van der Waals surface area (Å²) in [6.07, 6.45) is -0.996. The number of carbonyl (C=O) groups excluding carboxylic acids is 1. The predicted molar refractivity (Wildman–Crippen MR) is 153 cm³/mol. The van der Waals surface area contributed by atoms with E-state index < -0.39 is 11.7 Å². The Balaban J connectivity index is 1.23. The molecule has 0 atom stereocenters. The van der Waals surface area contributed by atoms with Crippen molar-refractivity contribution in [3.63, 3.8) is 0 Å². The number of ether oxygens (including phenoxy) is 1. The molecule has 1 aliphatic carbocycles. The van der Waals surface area contributed by atoms with Gasteiger partial charge >= 0.3 is 6.18 Å². The summed E-state index contributed by atoms with van der Waals surface area (Å²) >= 11 is 2.52. The SMILES string of the molecule is O=C1c2sc(-c3nc(Nc4cc5c(cc4C4CC4)CN(CCF)CC5)ncc3C(F)(F)F)cc2SCCN1C1COC1. The maximum absolute atomic E-state index is 14.2. The highest BCUT2D eigenvalue weighted by Crippen LogP contribution is 2.47. The van der Waals surface area contributed by atoms with Gasteiger partial charge in [-0.3, -0.25) is 9.69 Å². The summed E-state index contributed by atoms with van der Waals surface area (Å²) in [7, 11) is 0. The second kappa shape index (κ2) is 11.1. The van der Waals surface area contributed by atoms with E-state index in [1.54, 1.807) is 11.0 Å². The highest BCUT2D eigenvalue weighted by Gasteiger charge is 2.38. The molecule has 3 aliphatic heterocycles. The Kier molecular flexibility index (Phi) is 7.40. The monoisotopic (exact) mass is 619 g/mol. The van der Waals surface area contributed by atoms with E-state index in [1.807, 2.05) is 0 Å². The van der Waals surface area contributed by atoms with Gasteiger partial charge in [0.2, 0.25) is 5.95 Å². The number of rotatable bonds is 7. The second-order valence-corrected chi connectivity index (χ2v) is 13.3. The average Bonchev–Trinajstić information content (AvgIpc) is 3.71. The Morgan fingerprint density at radius 3 is 2.67 bits per heavy atom. The number of aromatic nitrogens is 2. The van der Waals surface area contributed by atoms with Crippen LogP contribution in [0.15, 0.2) is 29.3 Å². The number of hydrogen-bond donors (Lipinski definition) is 1. The number of fused-ring (bicyclic) bond motifs is 2. The van der Waals surface area contributed by atoms with Crippen LogP contribution >= 0.6 is 23.1 Å². The lowest BCUT2D eigenvalue weighted by Gasteiger charge is -2.36. The molecule has 222 valence electrons. The molecule has 1 saturated heterocycles. The second-order valence-electron chi connectivity index (χ2n) is 11.1. The highest BCUT2D eigenvalue weighted by molar-refractivity contribution is 7.99. The minimum absolute atomic E-state index is 0.000706. The molecule has 0 bridgehead atoms. The summed E-state index contributed by atoms with van der Waals surface area (Å²) in [6, 6.07) is 5.86. The zero-order chi connectivity index (χ0) is 29.0. The molecule has 1 amide bonds. The number of carbonyl (C=O) groups is 1. The quantitative estimate of drug-likeness (QED) is 0.320. The molecular formula is C29H29F4N5O2S2. The molecule has 1 saturated carbocycles. The molecule has 7 nitrogen and oxygen atoms in total. The van der Waals surface area contributed by atoms with Crippen LogP contribution in [-0.4, -0.2) is 77.0 Å². The van der Waals surface area contributed by atoms with E-state index in [-0.39, 0.29) is 35.1 Å². The lowest BCUT2D eigenvalue weighted by atomic mass is 9.94. The molecular weight excluding hydrogens is 590 g/mol. The van der Waals surface area contributed by atoms with Gasteiger partial charge < -0.3 is 15.0 Å². The third kappa shape index (κ3) is 5.40. The Morgan fingerprint density at radius 1 is 1.12 bits per heavy atom.